The van der Waals surface area contributed by atoms with Crippen molar-refractivity contribution in [2.75, 3.05) is 6.61 Å². The molecule has 0 radical (unpaired) electrons. The van der Waals surface area contributed by atoms with Gasteiger partial charge in [-0.05, 0) is 18.6 Å². The summed E-state index contributed by atoms with van der Waals surface area (Å²) in [5.74, 6) is 0. The standard InChI is InChI=1S/C10H11NO2/c1-7-3-2-4-8-9(5-6-12)11-13-10(7)8/h2-4,12H,5-6H2,1H3. The van der Waals surface area contributed by atoms with Gasteiger partial charge in [-0.25, -0.2) is 0 Å². The number of aryl methyl sites for hydroxylation is 1. The topological polar surface area (TPSA) is 46.3 Å². The summed E-state index contributed by atoms with van der Waals surface area (Å²) >= 11 is 0. The number of hydrogen-bond donors (Lipinski definition) is 1. The SMILES string of the molecule is Cc1cccc2c(CCO)noc12. The van der Waals surface area contributed by atoms with Crippen LogP contribution in [0.1, 0.15) is 11.3 Å². The number of para-hydroxylation sites is 1. The molecule has 0 bridgehead atoms. The number of aliphatic hydroxyl groups excluding tert-OH is 1. The molecule has 0 fully saturated rings. The van der Waals surface area contributed by atoms with Gasteiger partial charge in [0.2, 0.25) is 0 Å². The molecular formula is C10H11NO2. The summed E-state index contributed by atoms with van der Waals surface area (Å²) in [7, 11) is 0. The fraction of sp³-hybridized carbons (Fsp3) is 0.300. The molecule has 0 aliphatic rings. The molecule has 0 amide bonds. The molecule has 2 rings (SSSR count). The second-order valence-electron chi connectivity index (χ2n) is 3.05. The summed E-state index contributed by atoms with van der Waals surface area (Å²) in [6.07, 6.45) is 0.552. The highest BCUT2D eigenvalue weighted by Gasteiger charge is 2.08. The van der Waals surface area contributed by atoms with Crippen LogP contribution in [0.15, 0.2) is 22.7 Å². The summed E-state index contributed by atoms with van der Waals surface area (Å²) in [5, 5.41) is 13.7. The first-order valence-electron chi connectivity index (χ1n) is 4.27. The van der Waals surface area contributed by atoms with Crippen molar-refractivity contribution < 1.29 is 9.63 Å². The summed E-state index contributed by atoms with van der Waals surface area (Å²) in [4.78, 5) is 0. The summed E-state index contributed by atoms with van der Waals surface area (Å²) < 4.78 is 5.17. The lowest BCUT2D eigenvalue weighted by Crippen LogP contribution is -1.90. The van der Waals surface area contributed by atoms with E-state index in [-0.39, 0.29) is 6.61 Å². The van der Waals surface area contributed by atoms with E-state index >= 15 is 0 Å². The van der Waals surface area contributed by atoms with Crippen LogP contribution in [-0.4, -0.2) is 16.9 Å². The zero-order chi connectivity index (χ0) is 9.26. The van der Waals surface area contributed by atoms with Gasteiger partial charge in [-0.3, -0.25) is 0 Å². The fourth-order valence-corrected chi connectivity index (χ4v) is 1.44. The molecule has 2 aromatic rings. The van der Waals surface area contributed by atoms with Crippen LogP contribution in [0, 0.1) is 6.92 Å². The Labute approximate surface area is 76.0 Å². The van der Waals surface area contributed by atoms with E-state index in [2.05, 4.69) is 5.16 Å². The lowest BCUT2D eigenvalue weighted by molar-refractivity contribution is 0.295. The molecular weight excluding hydrogens is 166 g/mol. The first-order valence-corrected chi connectivity index (χ1v) is 4.27. The molecule has 13 heavy (non-hydrogen) atoms. The third-order valence-corrected chi connectivity index (χ3v) is 2.12. The molecule has 0 atom stereocenters. The minimum absolute atomic E-state index is 0.107. The molecule has 1 aromatic heterocycles. The van der Waals surface area contributed by atoms with Gasteiger partial charge in [0, 0.05) is 18.4 Å². The molecule has 0 spiro atoms. The van der Waals surface area contributed by atoms with Gasteiger partial charge in [-0.2, -0.15) is 0 Å². The maximum Gasteiger partial charge on any atom is 0.170 e. The zero-order valence-electron chi connectivity index (χ0n) is 7.45. The van der Waals surface area contributed by atoms with Crippen LogP contribution in [0.2, 0.25) is 0 Å². The molecule has 0 aliphatic heterocycles. The van der Waals surface area contributed by atoms with Crippen molar-refractivity contribution in [2.45, 2.75) is 13.3 Å². The Kier molecular flexibility index (Phi) is 2.02. The predicted molar refractivity (Wildman–Crippen MR) is 49.5 cm³/mol. The van der Waals surface area contributed by atoms with Crippen molar-refractivity contribution in [3.8, 4) is 0 Å². The maximum atomic E-state index is 8.79. The highest BCUT2D eigenvalue weighted by atomic mass is 16.5. The van der Waals surface area contributed by atoms with Gasteiger partial charge >= 0.3 is 0 Å². The Morgan fingerprint density at radius 1 is 1.46 bits per heavy atom. The number of rotatable bonds is 2. The van der Waals surface area contributed by atoms with E-state index in [1.165, 1.54) is 0 Å². The van der Waals surface area contributed by atoms with Crippen LogP contribution in [0.3, 0.4) is 0 Å². The van der Waals surface area contributed by atoms with Crippen molar-refractivity contribution in [2.24, 2.45) is 0 Å². The molecule has 1 N–H and O–H groups in total. The Balaban J connectivity index is 2.61. The van der Waals surface area contributed by atoms with E-state index in [9.17, 15) is 0 Å². The molecule has 68 valence electrons. The monoisotopic (exact) mass is 177 g/mol. The van der Waals surface area contributed by atoms with E-state index in [1.54, 1.807) is 0 Å². The van der Waals surface area contributed by atoms with Crippen molar-refractivity contribution in [1.82, 2.24) is 5.16 Å². The van der Waals surface area contributed by atoms with Crippen LogP contribution in [-0.2, 0) is 6.42 Å². The molecule has 0 unspecified atom stereocenters. The first-order chi connectivity index (χ1) is 6.33. The fourth-order valence-electron chi connectivity index (χ4n) is 1.44. The van der Waals surface area contributed by atoms with E-state index in [0.717, 1.165) is 22.2 Å². The third kappa shape index (κ3) is 1.31. The number of fused-ring (bicyclic) bond motifs is 1. The van der Waals surface area contributed by atoms with Crippen LogP contribution in [0.25, 0.3) is 11.0 Å². The first kappa shape index (κ1) is 8.26. The van der Waals surface area contributed by atoms with Gasteiger partial charge in [0.1, 0.15) is 0 Å². The second-order valence-corrected chi connectivity index (χ2v) is 3.05. The average molecular weight is 177 g/mol. The second kappa shape index (κ2) is 3.18. The van der Waals surface area contributed by atoms with Gasteiger partial charge in [0.25, 0.3) is 0 Å². The van der Waals surface area contributed by atoms with Crippen LogP contribution < -0.4 is 0 Å². The number of aromatic nitrogens is 1. The Bertz CT molecular complexity index is 420. The average Bonchev–Trinajstić information content (AvgIpc) is 2.51. The number of nitrogens with zero attached hydrogens (tertiary/aromatic N) is 1. The van der Waals surface area contributed by atoms with Gasteiger partial charge in [0.05, 0.1) is 5.69 Å². The van der Waals surface area contributed by atoms with Gasteiger partial charge < -0.3 is 9.63 Å². The minimum Gasteiger partial charge on any atom is -0.396 e. The van der Waals surface area contributed by atoms with E-state index in [1.807, 2.05) is 25.1 Å². The number of benzene rings is 1. The van der Waals surface area contributed by atoms with Gasteiger partial charge in [-0.15, -0.1) is 0 Å². The van der Waals surface area contributed by atoms with Crippen molar-refractivity contribution in [3.63, 3.8) is 0 Å². The smallest absolute Gasteiger partial charge is 0.170 e. The summed E-state index contributed by atoms with van der Waals surface area (Å²) in [6, 6.07) is 5.91. The molecule has 3 nitrogen and oxygen atoms in total. The van der Waals surface area contributed by atoms with Gasteiger partial charge in [0.15, 0.2) is 5.58 Å². The highest BCUT2D eigenvalue weighted by Crippen LogP contribution is 2.21. The number of hydrogen-bond acceptors (Lipinski definition) is 3. The molecule has 0 saturated heterocycles. The molecule has 0 saturated carbocycles. The zero-order valence-corrected chi connectivity index (χ0v) is 7.45. The van der Waals surface area contributed by atoms with Crippen molar-refractivity contribution in [1.29, 1.82) is 0 Å². The molecule has 0 aliphatic carbocycles. The van der Waals surface area contributed by atoms with E-state index in [0.29, 0.717) is 6.42 Å². The van der Waals surface area contributed by atoms with Crippen molar-refractivity contribution in [3.05, 3.63) is 29.5 Å². The lowest BCUT2D eigenvalue weighted by Gasteiger charge is -1.92. The Morgan fingerprint density at radius 2 is 2.31 bits per heavy atom. The summed E-state index contributed by atoms with van der Waals surface area (Å²) in [5.41, 5.74) is 2.74. The maximum absolute atomic E-state index is 8.79. The van der Waals surface area contributed by atoms with Crippen LogP contribution in [0.4, 0.5) is 0 Å². The molecule has 1 aromatic carbocycles. The highest BCUT2D eigenvalue weighted by molar-refractivity contribution is 5.82. The Hall–Kier alpha value is -1.35. The van der Waals surface area contributed by atoms with Gasteiger partial charge in [-0.1, -0.05) is 17.3 Å². The van der Waals surface area contributed by atoms with E-state index < -0.39 is 0 Å². The quantitative estimate of drug-likeness (QED) is 0.759. The largest absolute Gasteiger partial charge is 0.396 e. The number of aliphatic hydroxyl groups is 1. The van der Waals surface area contributed by atoms with Crippen molar-refractivity contribution >= 4 is 11.0 Å². The van der Waals surface area contributed by atoms with Crippen LogP contribution >= 0.6 is 0 Å². The normalized spacial score (nSPS) is 10.9. The molecule has 3 heteroatoms. The third-order valence-electron chi connectivity index (χ3n) is 2.12. The van der Waals surface area contributed by atoms with E-state index in [4.69, 9.17) is 9.63 Å². The lowest BCUT2D eigenvalue weighted by atomic mass is 10.1. The Morgan fingerprint density at radius 3 is 3.08 bits per heavy atom. The summed E-state index contributed by atoms with van der Waals surface area (Å²) in [6.45, 7) is 2.09. The van der Waals surface area contributed by atoms with Crippen LogP contribution in [0.5, 0.6) is 0 Å². The minimum atomic E-state index is 0.107. The predicted octanol–water partition coefficient (Wildman–Crippen LogP) is 1.67. The molecule has 1 heterocycles.